The van der Waals surface area contributed by atoms with Gasteiger partial charge in [-0.3, -0.25) is 4.18 Å². The Hall–Kier alpha value is -2.18. The Morgan fingerprint density at radius 2 is 1.97 bits per heavy atom. The molecular formula is C23H26O6S2. The number of hydrogen-bond acceptors (Lipinski definition) is 7. The predicted octanol–water partition coefficient (Wildman–Crippen LogP) is 3.25. The third kappa shape index (κ3) is 6.65. The number of methoxy groups -OCH3 is 1. The van der Waals surface area contributed by atoms with Crippen LogP contribution in [0.1, 0.15) is 39.4 Å². The van der Waals surface area contributed by atoms with Crippen LogP contribution >= 0.6 is 11.3 Å². The molecule has 0 radical (unpaired) electrons. The lowest BCUT2D eigenvalue weighted by Gasteiger charge is -2.21. The van der Waals surface area contributed by atoms with E-state index in [2.05, 4.69) is 11.8 Å². The Morgan fingerprint density at radius 3 is 2.65 bits per heavy atom. The van der Waals surface area contributed by atoms with E-state index in [1.807, 2.05) is 36.4 Å². The van der Waals surface area contributed by atoms with Crippen molar-refractivity contribution in [1.29, 1.82) is 0 Å². The number of hydrogen-bond donors (Lipinski definition) is 1. The van der Waals surface area contributed by atoms with Gasteiger partial charge in [-0.15, -0.1) is 11.3 Å². The maximum absolute atomic E-state index is 11.7. The third-order valence-electron chi connectivity index (χ3n) is 5.29. The minimum atomic E-state index is -3.65. The van der Waals surface area contributed by atoms with E-state index in [-0.39, 0.29) is 24.2 Å². The highest BCUT2D eigenvalue weighted by Gasteiger charge is 2.43. The molecule has 0 bridgehead atoms. The fourth-order valence-electron chi connectivity index (χ4n) is 3.90. The number of aliphatic hydroxyl groups excluding tert-OH is 1. The quantitative estimate of drug-likeness (QED) is 0.386. The van der Waals surface area contributed by atoms with Gasteiger partial charge in [0.05, 0.1) is 31.5 Å². The molecule has 1 fully saturated rings. The van der Waals surface area contributed by atoms with Crippen LogP contribution in [-0.4, -0.2) is 45.1 Å². The molecule has 0 saturated heterocycles. The van der Waals surface area contributed by atoms with Gasteiger partial charge in [-0.1, -0.05) is 30.0 Å². The fraction of sp³-hybridized carbons (Fsp3) is 0.435. The summed E-state index contributed by atoms with van der Waals surface area (Å²) in [5.41, 5.74) is 0.842. The first-order chi connectivity index (χ1) is 14.8. The maximum atomic E-state index is 11.7. The molecule has 3 rings (SSSR count). The Labute approximate surface area is 187 Å². The topological polar surface area (TPSA) is 89.9 Å². The molecule has 0 unspecified atom stereocenters. The minimum Gasteiger partial charge on any atom is -0.465 e. The Balaban J connectivity index is 1.71. The number of carbonyl (C=O) groups excluding carboxylic acids is 1. The van der Waals surface area contributed by atoms with E-state index in [1.165, 1.54) is 18.4 Å². The van der Waals surface area contributed by atoms with E-state index in [0.29, 0.717) is 11.3 Å². The molecule has 1 aliphatic carbocycles. The van der Waals surface area contributed by atoms with Crippen molar-refractivity contribution in [3.63, 3.8) is 0 Å². The number of thiophene rings is 1. The number of carbonyl (C=O) groups is 1. The molecule has 6 nitrogen and oxygen atoms in total. The molecule has 1 saturated carbocycles. The molecule has 1 aromatic carbocycles. The van der Waals surface area contributed by atoms with Crippen molar-refractivity contribution in [2.24, 2.45) is 11.8 Å². The monoisotopic (exact) mass is 462 g/mol. The molecule has 166 valence electrons. The molecule has 31 heavy (non-hydrogen) atoms. The zero-order chi connectivity index (χ0) is 22.4. The second kappa shape index (κ2) is 10.4. The molecule has 1 heterocycles. The largest absolute Gasteiger partial charge is 0.465 e. The lowest BCUT2D eigenvalue weighted by atomic mass is 9.89. The summed E-state index contributed by atoms with van der Waals surface area (Å²) >= 11 is 1.39. The van der Waals surface area contributed by atoms with Crippen LogP contribution in [0.5, 0.6) is 0 Å². The maximum Gasteiger partial charge on any atom is 0.348 e. The Bertz CT molecular complexity index is 1050. The number of rotatable bonds is 7. The second-order valence-electron chi connectivity index (χ2n) is 7.62. The average Bonchev–Trinajstić information content (AvgIpc) is 3.30. The Kier molecular flexibility index (Phi) is 7.89. The van der Waals surface area contributed by atoms with Crippen LogP contribution in [0.4, 0.5) is 0 Å². The summed E-state index contributed by atoms with van der Waals surface area (Å²) in [7, 11) is -2.30. The first-order valence-corrected chi connectivity index (χ1v) is 12.7. The zero-order valence-corrected chi connectivity index (χ0v) is 19.1. The van der Waals surface area contributed by atoms with Crippen LogP contribution in [0.2, 0.25) is 0 Å². The number of aryl methyl sites for hydroxylation is 1. The number of benzene rings is 1. The van der Waals surface area contributed by atoms with Crippen LogP contribution in [0, 0.1) is 23.7 Å². The van der Waals surface area contributed by atoms with E-state index < -0.39 is 22.3 Å². The van der Waals surface area contributed by atoms with Gasteiger partial charge in [0.25, 0.3) is 10.1 Å². The third-order valence-corrected chi connectivity index (χ3v) is 7.01. The van der Waals surface area contributed by atoms with Gasteiger partial charge in [0, 0.05) is 22.8 Å². The molecule has 2 aromatic rings. The molecule has 1 N–H and O–H groups in total. The molecule has 8 heteroatoms. The van der Waals surface area contributed by atoms with Gasteiger partial charge in [-0.25, -0.2) is 4.79 Å². The van der Waals surface area contributed by atoms with E-state index >= 15 is 0 Å². The van der Waals surface area contributed by atoms with Gasteiger partial charge < -0.3 is 9.84 Å². The first-order valence-electron chi connectivity index (χ1n) is 10.1. The Morgan fingerprint density at radius 1 is 1.23 bits per heavy atom. The number of esters is 1. The lowest BCUT2D eigenvalue weighted by molar-refractivity contribution is 0.0606. The average molecular weight is 463 g/mol. The van der Waals surface area contributed by atoms with Crippen molar-refractivity contribution in [3.05, 3.63) is 57.8 Å². The highest BCUT2D eigenvalue weighted by Crippen LogP contribution is 2.38. The van der Waals surface area contributed by atoms with Crippen LogP contribution < -0.4 is 0 Å². The fourth-order valence-corrected chi connectivity index (χ4v) is 5.54. The SMILES string of the molecule is COC(=O)c1ccc(CCC[C@@H]2[C@@H](C#Cc3ccccc3)[C@H](O)C[C@@H]2OS(C)(=O)=O)s1. The van der Waals surface area contributed by atoms with E-state index in [9.17, 15) is 18.3 Å². The summed E-state index contributed by atoms with van der Waals surface area (Å²) in [6.45, 7) is 0. The highest BCUT2D eigenvalue weighted by atomic mass is 32.2. The van der Waals surface area contributed by atoms with E-state index in [1.54, 1.807) is 6.07 Å². The van der Waals surface area contributed by atoms with Gasteiger partial charge in [0.15, 0.2) is 0 Å². The van der Waals surface area contributed by atoms with Gasteiger partial charge in [-0.2, -0.15) is 8.42 Å². The van der Waals surface area contributed by atoms with Crippen LogP contribution in [0.15, 0.2) is 42.5 Å². The molecule has 4 atom stereocenters. The molecule has 1 aliphatic rings. The first kappa shape index (κ1) is 23.5. The van der Waals surface area contributed by atoms with Crippen LogP contribution in [0.25, 0.3) is 0 Å². The van der Waals surface area contributed by atoms with Crippen molar-refractivity contribution < 1.29 is 27.2 Å². The summed E-state index contributed by atoms with van der Waals surface area (Å²) in [6.07, 6.45) is 2.05. The highest BCUT2D eigenvalue weighted by molar-refractivity contribution is 7.86. The summed E-state index contributed by atoms with van der Waals surface area (Å²) < 4.78 is 33.5. The molecular weight excluding hydrogens is 436 g/mol. The van der Waals surface area contributed by atoms with Crippen molar-refractivity contribution >= 4 is 27.4 Å². The van der Waals surface area contributed by atoms with Crippen molar-refractivity contribution in [3.8, 4) is 11.8 Å². The summed E-state index contributed by atoms with van der Waals surface area (Å²) in [5.74, 6) is 5.32. The predicted molar refractivity (Wildman–Crippen MR) is 119 cm³/mol. The molecule has 1 aromatic heterocycles. The lowest BCUT2D eigenvalue weighted by Crippen LogP contribution is -2.25. The van der Waals surface area contributed by atoms with E-state index in [0.717, 1.165) is 29.5 Å². The van der Waals surface area contributed by atoms with Gasteiger partial charge in [-0.05, 0) is 43.5 Å². The molecule has 0 spiro atoms. The standard InChI is InChI=1S/C23H26O6S2/c1-28-23(25)22-14-12-17(30-22)9-6-10-19-18(13-11-16-7-4-3-5-8-16)20(24)15-21(19)29-31(2,26)27/h3-5,7-8,12,14,18-21,24H,6,9-10,15H2,1-2H3/t18-,19-,20-,21+/m1/s1. The number of aliphatic hydroxyl groups is 1. The zero-order valence-electron chi connectivity index (χ0n) is 17.5. The normalized spacial score (nSPS) is 23.2. The van der Waals surface area contributed by atoms with Crippen molar-refractivity contribution in [2.75, 3.05) is 13.4 Å². The van der Waals surface area contributed by atoms with E-state index in [4.69, 9.17) is 8.92 Å². The van der Waals surface area contributed by atoms with Crippen molar-refractivity contribution in [2.45, 2.75) is 37.9 Å². The van der Waals surface area contributed by atoms with Crippen LogP contribution in [-0.2, 0) is 25.5 Å². The molecule has 0 aliphatic heterocycles. The van der Waals surface area contributed by atoms with Crippen LogP contribution in [0.3, 0.4) is 0 Å². The summed E-state index contributed by atoms with van der Waals surface area (Å²) in [5, 5.41) is 10.6. The van der Waals surface area contributed by atoms with Gasteiger partial charge in [0.2, 0.25) is 0 Å². The second-order valence-corrected chi connectivity index (χ2v) is 10.4. The van der Waals surface area contributed by atoms with Gasteiger partial charge >= 0.3 is 5.97 Å². The molecule has 0 amide bonds. The summed E-state index contributed by atoms with van der Waals surface area (Å²) in [4.78, 5) is 13.2. The summed E-state index contributed by atoms with van der Waals surface area (Å²) in [6, 6.07) is 13.1. The number of ether oxygens (including phenoxy) is 1. The van der Waals surface area contributed by atoms with Crippen molar-refractivity contribution in [1.82, 2.24) is 0 Å². The smallest absolute Gasteiger partial charge is 0.348 e. The minimum absolute atomic E-state index is 0.207. The van der Waals surface area contributed by atoms with Gasteiger partial charge in [0.1, 0.15) is 4.88 Å².